The van der Waals surface area contributed by atoms with Crippen molar-refractivity contribution < 1.29 is 4.79 Å². The van der Waals surface area contributed by atoms with Gasteiger partial charge in [-0.2, -0.15) is 4.68 Å². The molecule has 162 valence electrons. The highest BCUT2D eigenvalue weighted by molar-refractivity contribution is 5.79. The van der Waals surface area contributed by atoms with Crippen LogP contribution in [-0.4, -0.2) is 33.3 Å². The predicted molar refractivity (Wildman–Crippen MR) is 121 cm³/mol. The van der Waals surface area contributed by atoms with Gasteiger partial charge in [0.05, 0.1) is 17.1 Å². The Bertz CT molecular complexity index is 1040. The SMILES string of the molecule is C=C[C@]1(c2nn(-c3ccccc3)c(=O)[nH]2)C=CC=CC1NC(=O)[C@H]1CC[C@H](CN)CC1. The highest BCUT2D eigenvalue weighted by atomic mass is 16.2. The van der Waals surface area contributed by atoms with Crippen LogP contribution in [0.25, 0.3) is 5.69 Å². The van der Waals surface area contributed by atoms with Gasteiger partial charge in [0.1, 0.15) is 5.82 Å². The van der Waals surface area contributed by atoms with Crippen LogP contribution in [0.5, 0.6) is 0 Å². The molecule has 1 heterocycles. The van der Waals surface area contributed by atoms with Crippen molar-refractivity contribution in [3.05, 3.63) is 83.6 Å². The Labute approximate surface area is 181 Å². The lowest BCUT2D eigenvalue weighted by molar-refractivity contribution is -0.126. The molecular weight excluding hydrogens is 390 g/mol. The lowest BCUT2D eigenvalue weighted by Crippen LogP contribution is -2.51. The van der Waals surface area contributed by atoms with Gasteiger partial charge in [-0.1, -0.05) is 48.6 Å². The van der Waals surface area contributed by atoms with Crippen molar-refractivity contribution in [3.8, 4) is 5.69 Å². The third kappa shape index (κ3) is 4.05. The van der Waals surface area contributed by atoms with Gasteiger partial charge >= 0.3 is 5.69 Å². The number of carbonyl (C=O) groups excluding carboxylic acids is 1. The molecule has 1 unspecified atom stereocenters. The highest BCUT2D eigenvalue weighted by Gasteiger charge is 2.41. The number of nitrogens with two attached hydrogens (primary N) is 1. The van der Waals surface area contributed by atoms with Gasteiger partial charge in [0, 0.05) is 5.92 Å². The minimum Gasteiger partial charge on any atom is -0.348 e. The van der Waals surface area contributed by atoms with E-state index in [9.17, 15) is 9.59 Å². The number of aromatic nitrogens is 3. The van der Waals surface area contributed by atoms with E-state index in [1.54, 1.807) is 6.08 Å². The molecule has 31 heavy (non-hydrogen) atoms. The number of para-hydroxylation sites is 1. The Morgan fingerprint density at radius 2 is 2.00 bits per heavy atom. The number of nitrogens with zero attached hydrogens (tertiary/aromatic N) is 2. The van der Waals surface area contributed by atoms with E-state index in [1.807, 2.05) is 54.6 Å². The van der Waals surface area contributed by atoms with Gasteiger partial charge in [-0.15, -0.1) is 11.7 Å². The van der Waals surface area contributed by atoms with Crippen LogP contribution < -0.4 is 16.7 Å². The normalized spacial score (nSPS) is 27.7. The number of H-pyrrole nitrogens is 1. The molecule has 0 aliphatic heterocycles. The molecule has 2 atom stereocenters. The second kappa shape index (κ2) is 8.89. The number of hydrogen-bond donors (Lipinski definition) is 3. The Morgan fingerprint density at radius 1 is 1.26 bits per heavy atom. The van der Waals surface area contributed by atoms with E-state index < -0.39 is 11.5 Å². The van der Waals surface area contributed by atoms with Crippen molar-refractivity contribution in [1.82, 2.24) is 20.1 Å². The molecule has 1 amide bonds. The average molecular weight is 420 g/mol. The number of aromatic amines is 1. The van der Waals surface area contributed by atoms with E-state index in [1.165, 1.54) is 4.68 Å². The Hall–Kier alpha value is -3.19. The first kappa shape index (κ1) is 21.1. The van der Waals surface area contributed by atoms with Crippen LogP contribution in [-0.2, 0) is 10.2 Å². The van der Waals surface area contributed by atoms with Crippen molar-refractivity contribution >= 4 is 5.91 Å². The van der Waals surface area contributed by atoms with E-state index in [4.69, 9.17) is 5.73 Å². The first-order valence-corrected chi connectivity index (χ1v) is 10.8. The molecule has 7 heteroatoms. The molecule has 0 saturated heterocycles. The van der Waals surface area contributed by atoms with E-state index in [2.05, 4.69) is 22.0 Å². The maximum atomic E-state index is 13.1. The fourth-order valence-electron chi connectivity index (χ4n) is 4.53. The number of amides is 1. The molecule has 7 nitrogen and oxygen atoms in total. The molecule has 2 aliphatic rings. The number of rotatable bonds is 6. The molecule has 0 radical (unpaired) electrons. The Kier molecular flexibility index (Phi) is 6.04. The van der Waals surface area contributed by atoms with Gasteiger partial charge in [0.25, 0.3) is 0 Å². The molecule has 1 aromatic heterocycles. The van der Waals surface area contributed by atoms with Crippen LogP contribution in [0.4, 0.5) is 0 Å². The Morgan fingerprint density at radius 3 is 2.68 bits per heavy atom. The number of allylic oxidation sites excluding steroid dienone is 2. The summed E-state index contributed by atoms with van der Waals surface area (Å²) in [6.07, 6.45) is 13.0. The quantitative estimate of drug-likeness (QED) is 0.625. The van der Waals surface area contributed by atoms with Crippen molar-refractivity contribution in [1.29, 1.82) is 0 Å². The minimum absolute atomic E-state index is 0.0226. The molecular formula is C24H29N5O2. The minimum atomic E-state index is -0.849. The van der Waals surface area contributed by atoms with Crippen molar-refractivity contribution in [3.63, 3.8) is 0 Å². The van der Waals surface area contributed by atoms with Crippen LogP contribution in [0.2, 0.25) is 0 Å². The fourth-order valence-corrected chi connectivity index (χ4v) is 4.53. The van der Waals surface area contributed by atoms with E-state index >= 15 is 0 Å². The molecule has 2 aliphatic carbocycles. The van der Waals surface area contributed by atoms with Crippen LogP contribution in [0.1, 0.15) is 31.5 Å². The molecule has 0 bridgehead atoms. The molecule has 2 aromatic rings. The maximum absolute atomic E-state index is 13.1. The summed E-state index contributed by atoms with van der Waals surface area (Å²) in [6, 6.07) is 8.83. The molecule has 4 N–H and O–H groups in total. The number of hydrogen-bond acceptors (Lipinski definition) is 4. The summed E-state index contributed by atoms with van der Waals surface area (Å²) < 4.78 is 1.33. The van der Waals surface area contributed by atoms with E-state index in [-0.39, 0.29) is 17.5 Å². The fraction of sp³-hybridized carbons (Fsp3) is 0.375. The summed E-state index contributed by atoms with van der Waals surface area (Å²) in [5.74, 6) is 0.956. The third-order valence-corrected chi connectivity index (χ3v) is 6.52. The standard InChI is InChI=1S/C24H29N5O2/c1-2-24(22-27-23(31)29(28-22)19-8-4-3-5-9-19)15-7-6-10-20(24)26-21(30)18-13-11-17(16-25)12-14-18/h2-10,15,17-18,20H,1,11-14,16,25H2,(H,26,30)(H,27,28,31)/t17-,18-,20?,24-/m0/s1. The largest absolute Gasteiger partial charge is 0.348 e. The topological polar surface area (TPSA) is 106 Å². The summed E-state index contributed by atoms with van der Waals surface area (Å²) in [4.78, 5) is 28.6. The van der Waals surface area contributed by atoms with Crippen LogP contribution in [0, 0.1) is 11.8 Å². The monoisotopic (exact) mass is 419 g/mol. The lowest BCUT2D eigenvalue weighted by Gasteiger charge is -2.36. The van der Waals surface area contributed by atoms with Crippen molar-refractivity contribution in [2.75, 3.05) is 6.54 Å². The van der Waals surface area contributed by atoms with Crippen molar-refractivity contribution in [2.45, 2.75) is 37.1 Å². The number of carbonyl (C=O) groups is 1. The van der Waals surface area contributed by atoms with Crippen LogP contribution >= 0.6 is 0 Å². The second-order valence-corrected chi connectivity index (χ2v) is 8.35. The summed E-state index contributed by atoms with van der Waals surface area (Å²) >= 11 is 0. The van der Waals surface area contributed by atoms with Gasteiger partial charge < -0.3 is 11.1 Å². The summed E-state index contributed by atoms with van der Waals surface area (Å²) in [5.41, 5.74) is 5.26. The maximum Gasteiger partial charge on any atom is 0.348 e. The highest BCUT2D eigenvalue weighted by Crippen LogP contribution is 2.33. The van der Waals surface area contributed by atoms with Crippen LogP contribution in [0.15, 0.2) is 72.1 Å². The van der Waals surface area contributed by atoms with Gasteiger partial charge in [0.15, 0.2) is 0 Å². The van der Waals surface area contributed by atoms with Gasteiger partial charge in [-0.05, 0) is 50.3 Å². The molecule has 1 fully saturated rings. The van der Waals surface area contributed by atoms with Crippen molar-refractivity contribution in [2.24, 2.45) is 17.6 Å². The molecule has 1 saturated carbocycles. The second-order valence-electron chi connectivity index (χ2n) is 8.35. The molecule has 0 spiro atoms. The molecule has 4 rings (SSSR count). The molecule has 1 aromatic carbocycles. The number of nitrogens with one attached hydrogen (secondary N) is 2. The summed E-state index contributed by atoms with van der Waals surface area (Å²) in [5, 5.41) is 7.74. The van der Waals surface area contributed by atoms with E-state index in [0.717, 1.165) is 25.7 Å². The first-order valence-electron chi connectivity index (χ1n) is 10.8. The zero-order valence-corrected chi connectivity index (χ0v) is 17.5. The van der Waals surface area contributed by atoms with Gasteiger partial charge in [-0.3, -0.25) is 9.78 Å². The van der Waals surface area contributed by atoms with Gasteiger partial charge in [-0.25, -0.2) is 4.79 Å². The zero-order chi connectivity index (χ0) is 21.8. The predicted octanol–water partition coefficient (Wildman–Crippen LogP) is 2.36. The summed E-state index contributed by atoms with van der Waals surface area (Å²) in [6.45, 7) is 4.70. The average Bonchev–Trinajstić information content (AvgIpc) is 3.22. The van der Waals surface area contributed by atoms with Gasteiger partial charge in [0.2, 0.25) is 5.91 Å². The summed E-state index contributed by atoms with van der Waals surface area (Å²) in [7, 11) is 0. The number of benzene rings is 1. The smallest absolute Gasteiger partial charge is 0.348 e. The lowest BCUT2D eigenvalue weighted by atomic mass is 9.76. The third-order valence-electron chi connectivity index (χ3n) is 6.52. The van der Waals surface area contributed by atoms with Crippen LogP contribution in [0.3, 0.4) is 0 Å². The first-order chi connectivity index (χ1) is 15.1. The zero-order valence-electron chi connectivity index (χ0n) is 17.5. The van der Waals surface area contributed by atoms with E-state index in [0.29, 0.717) is 24.0 Å². The Balaban J connectivity index is 1.60.